The van der Waals surface area contributed by atoms with Gasteiger partial charge in [-0.2, -0.15) is 0 Å². The van der Waals surface area contributed by atoms with E-state index in [0.29, 0.717) is 0 Å². The topological polar surface area (TPSA) is 63.7 Å². The van der Waals surface area contributed by atoms with E-state index in [1.807, 2.05) is 0 Å². The van der Waals surface area contributed by atoms with Gasteiger partial charge < -0.3 is 4.74 Å². The minimum Gasteiger partial charge on any atom is -0.465 e. The molecule has 0 aromatic rings. The van der Waals surface area contributed by atoms with Crippen LogP contribution in [0.1, 0.15) is 0 Å². The summed E-state index contributed by atoms with van der Waals surface area (Å²) in [6.07, 6.45) is 1.63. The molecule has 0 aromatic carbocycles. The molecule has 0 saturated heterocycles. The molecule has 0 saturated carbocycles. The van der Waals surface area contributed by atoms with Gasteiger partial charge in [-0.3, -0.25) is 14.5 Å². The SMILES string of the molecule is COC(=O)C1=C(SC)C(=O)N(C)C1=O. The molecule has 0 atom stereocenters. The zero-order valence-corrected chi connectivity index (χ0v) is 8.80. The highest BCUT2D eigenvalue weighted by atomic mass is 32.2. The number of hydrogen-bond donors (Lipinski definition) is 0. The number of carbonyl (C=O) groups is 3. The third-order valence-corrected chi connectivity index (χ3v) is 2.63. The molecule has 5 nitrogen and oxygen atoms in total. The molecular weight excluding hydrogens is 206 g/mol. The number of likely N-dealkylation sites (N-methyl/N-ethyl adjacent to an activating group) is 1. The summed E-state index contributed by atoms with van der Waals surface area (Å²) in [4.78, 5) is 35.1. The van der Waals surface area contributed by atoms with E-state index in [9.17, 15) is 14.4 Å². The predicted octanol–water partition coefficient (Wildman–Crippen LogP) is -0.225. The van der Waals surface area contributed by atoms with E-state index in [1.54, 1.807) is 6.26 Å². The monoisotopic (exact) mass is 215 g/mol. The van der Waals surface area contributed by atoms with Crippen LogP contribution in [0.5, 0.6) is 0 Å². The zero-order valence-electron chi connectivity index (χ0n) is 7.99. The van der Waals surface area contributed by atoms with Crippen LogP contribution < -0.4 is 0 Å². The third-order valence-electron chi connectivity index (χ3n) is 1.84. The van der Waals surface area contributed by atoms with Gasteiger partial charge in [0.25, 0.3) is 11.8 Å². The summed E-state index contributed by atoms with van der Waals surface area (Å²) >= 11 is 1.07. The smallest absolute Gasteiger partial charge is 0.344 e. The molecule has 1 aliphatic heterocycles. The summed E-state index contributed by atoms with van der Waals surface area (Å²) in [6.45, 7) is 0. The van der Waals surface area contributed by atoms with Gasteiger partial charge in [0.15, 0.2) is 0 Å². The lowest BCUT2D eigenvalue weighted by atomic mass is 10.3. The van der Waals surface area contributed by atoms with Gasteiger partial charge in [0.1, 0.15) is 5.57 Å². The lowest BCUT2D eigenvalue weighted by molar-refractivity contribution is -0.140. The average molecular weight is 215 g/mol. The van der Waals surface area contributed by atoms with E-state index in [2.05, 4.69) is 4.74 Å². The quantitative estimate of drug-likeness (QED) is 0.362. The second-order valence-corrected chi connectivity index (χ2v) is 3.39. The second kappa shape index (κ2) is 3.83. The van der Waals surface area contributed by atoms with Crippen LogP contribution >= 0.6 is 11.8 Å². The number of thioether (sulfide) groups is 1. The van der Waals surface area contributed by atoms with Crippen LogP contribution in [0.25, 0.3) is 0 Å². The van der Waals surface area contributed by atoms with Crippen molar-refractivity contribution < 1.29 is 19.1 Å². The molecule has 0 radical (unpaired) electrons. The van der Waals surface area contributed by atoms with Crippen molar-refractivity contribution in [1.82, 2.24) is 4.90 Å². The van der Waals surface area contributed by atoms with Crippen LogP contribution in [0.2, 0.25) is 0 Å². The molecule has 1 aliphatic rings. The summed E-state index contributed by atoms with van der Waals surface area (Å²) in [7, 11) is 2.50. The number of imide groups is 1. The standard InChI is InChI=1S/C8H9NO4S/c1-9-6(10)4(8(12)13-2)5(14-3)7(9)11/h1-3H3. The van der Waals surface area contributed by atoms with Gasteiger partial charge in [-0.05, 0) is 6.26 Å². The van der Waals surface area contributed by atoms with Crippen molar-refractivity contribution in [1.29, 1.82) is 0 Å². The van der Waals surface area contributed by atoms with Crippen molar-refractivity contribution in [3.8, 4) is 0 Å². The van der Waals surface area contributed by atoms with E-state index >= 15 is 0 Å². The molecule has 2 amide bonds. The molecule has 76 valence electrons. The molecule has 0 N–H and O–H groups in total. The molecule has 0 bridgehead atoms. The molecule has 0 unspecified atom stereocenters. The van der Waals surface area contributed by atoms with Gasteiger partial charge in [-0.1, -0.05) is 0 Å². The first-order valence-electron chi connectivity index (χ1n) is 3.73. The Labute approximate surface area is 85.1 Å². The molecule has 0 aromatic heterocycles. The Balaban J connectivity index is 3.21. The number of esters is 1. The number of hydrogen-bond acceptors (Lipinski definition) is 5. The van der Waals surface area contributed by atoms with Crippen LogP contribution in [0.4, 0.5) is 0 Å². The van der Waals surface area contributed by atoms with Gasteiger partial charge in [-0.15, -0.1) is 11.8 Å². The molecule has 0 aliphatic carbocycles. The number of nitrogens with zero attached hydrogens (tertiary/aromatic N) is 1. The molecule has 0 spiro atoms. The highest BCUT2D eigenvalue weighted by Gasteiger charge is 2.39. The number of rotatable bonds is 2. The average Bonchev–Trinajstić information content (AvgIpc) is 2.41. The van der Waals surface area contributed by atoms with Crippen molar-refractivity contribution in [3.63, 3.8) is 0 Å². The Kier molecular flexibility index (Phi) is 2.95. The fraction of sp³-hybridized carbons (Fsp3) is 0.375. The fourth-order valence-corrected chi connectivity index (χ4v) is 1.77. The number of amides is 2. The van der Waals surface area contributed by atoms with Crippen molar-refractivity contribution in [2.75, 3.05) is 20.4 Å². The number of ether oxygens (including phenoxy) is 1. The first kappa shape index (κ1) is 10.8. The highest BCUT2D eigenvalue weighted by molar-refractivity contribution is 8.03. The second-order valence-electron chi connectivity index (χ2n) is 2.57. The van der Waals surface area contributed by atoms with E-state index in [0.717, 1.165) is 16.7 Å². The summed E-state index contributed by atoms with van der Waals surface area (Å²) < 4.78 is 4.42. The maximum Gasteiger partial charge on any atom is 0.344 e. The normalized spacial score (nSPS) is 16.6. The first-order valence-corrected chi connectivity index (χ1v) is 4.96. The minimum absolute atomic E-state index is 0.143. The highest BCUT2D eigenvalue weighted by Crippen LogP contribution is 2.27. The largest absolute Gasteiger partial charge is 0.465 e. The van der Waals surface area contributed by atoms with Gasteiger partial charge in [0, 0.05) is 7.05 Å². The number of methoxy groups -OCH3 is 1. The summed E-state index contributed by atoms with van der Waals surface area (Å²) in [5.74, 6) is -1.83. The first-order chi connectivity index (χ1) is 6.54. The lowest BCUT2D eigenvalue weighted by Crippen LogP contribution is -2.28. The van der Waals surface area contributed by atoms with E-state index in [4.69, 9.17) is 0 Å². The van der Waals surface area contributed by atoms with Gasteiger partial charge in [0.05, 0.1) is 12.0 Å². The molecular formula is C8H9NO4S. The van der Waals surface area contributed by atoms with Crippen LogP contribution in [0.3, 0.4) is 0 Å². The van der Waals surface area contributed by atoms with Gasteiger partial charge in [-0.25, -0.2) is 4.79 Å². The third kappa shape index (κ3) is 1.41. The maximum atomic E-state index is 11.4. The summed E-state index contributed by atoms with van der Waals surface area (Å²) in [5, 5.41) is 0. The van der Waals surface area contributed by atoms with Gasteiger partial charge >= 0.3 is 5.97 Å². The Morgan fingerprint density at radius 1 is 1.36 bits per heavy atom. The Bertz CT molecular complexity index is 347. The van der Waals surface area contributed by atoms with E-state index < -0.39 is 17.8 Å². The summed E-state index contributed by atoms with van der Waals surface area (Å²) in [6, 6.07) is 0. The summed E-state index contributed by atoms with van der Waals surface area (Å²) in [5.41, 5.74) is -0.174. The van der Waals surface area contributed by atoms with Gasteiger partial charge in [0.2, 0.25) is 0 Å². The zero-order chi connectivity index (χ0) is 10.9. The lowest BCUT2D eigenvalue weighted by Gasteiger charge is -2.04. The van der Waals surface area contributed by atoms with Crippen LogP contribution in [-0.4, -0.2) is 43.1 Å². The van der Waals surface area contributed by atoms with E-state index in [1.165, 1.54) is 14.2 Å². The molecule has 14 heavy (non-hydrogen) atoms. The Hall–Kier alpha value is -1.30. The molecule has 6 heteroatoms. The van der Waals surface area contributed by atoms with Crippen LogP contribution in [-0.2, 0) is 19.1 Å². The van der Waals surface area contributed by atoms with Crippen LogP contribution in [0, 0.1) is 0 Å². The fourth-order valence-electron chi connectivity index (χ4n) is 1.09. The molecule has 1 rings (SSSR count). The maximum absolute atomic E-state index is 11.4. The van der Waals surface area contributed by atoms with Crippen molar-refractivity contribution in [2.24, 2.45) is 0 Å². The Morgan fingerprint density at radius 3 is 2.36 bits per heavy atom. The minimum atomic E-state index is -0.767. The predicted molar refractivity (Wildman–Crippen MR) is 50.3 cm³/mol. The van der Waals surface area contributed by atoms with E-state index in [-0.39, 0.29) is 10.5 Å². The Morgan fingerprint density at radius 2 is 1.93 bits per heavy atom. The van der Waals surface area contributed by atoms with Crippen molar-refractivity contribution in [2.45, 2.75) is 0 Å². The number of carbonyl (C=O) groups excluding carboxylic acids is 3. The molecule has 0 fully saturated rings. The van der Waals surface area contributed by atoms with Crippen molar-refractivity contribution >= 4 is 29.5 Å². The molecule has 1 heterocycles. The van der Waals surface area contributed by atoms with Crippen molar-refractivity contribution in [3.05, 3.63) is 10.5 Å². The van der Waals surface area contributed by atoms with Crippen LogP contribution in [0.15, 0.2) is 10.5 Å².